The van der Waals surface area contributed by atoms with Crippen LogP contribution < -0.4 is 16.4 Å². The quantitative estimate of drug-likeness (QED) is 0.498. The van der Waals surface area contributed by atoms with Gasteiger partial charge in [-0.2, -0.15) is 15.0 Å². The number of nitrogens with zero attached hydrogens (tertiary/aromatic N) is 3. The van der Waals surface area contributed by atoms with Gasteiger partial charge in [-0.1, -0.05) is 24.4 Å². The summed E-state index contributed by atoms with van der Waals surface area (Å²) in [5.41, 5.74) is 4.28. The monoisotopic (exact) mass is 318 g/mol. The van der Waals surface area contributed by atoms with Gasteiger partial charge in [0.25, 0.3) is 5.24 Å². The smallest absolute Gasteiger partial charge is 0.273 e. The average molecular weight is 318 g/mol. The predicted octanol–water partition coefficient (Wildman–Crippen LogP) is 2.23. The molecule has 1 aromatic rings. The summed E-state index contributed by atoms with van der Waals surface area (Å²) >= 11 is 4.61. The first-order chi connectivity index (χ1) is 9.17. The van der Waals surface area contributed by atoms with Crippen LogP contribution in [-0.2, 0) is 0 Å². The number of nitrogens with two attached hydrogens (primary N) is 1. The van der Waals surface area contributed by atoms with Crippen molar-refractivity contribution in [3.63, 3.8) is 0 Å². The molecule has 0 saturated carbocycles. The molecule has 1 aromatic heterocycles. The molecule has 0 aliphatic heterocycles. The van der Waals surface area contributed by atoms with Crippen molar-refractivity contribution >= 4 is 41.5 Å². The van der Waals surface area contributed by atoms with Crippen LogP contribution in [0.15, 0.2) is 5.16 Å². The standard InChI is InChI=1S/C10H19N5S.CH3NOS/c1-6-11-7-12-8(15-10(2,3)4)14-9(13-7)16-5;2-1(3)4/h6H2,1-5H3,(H2,11,12,13,14,15);(H3,2,3,4). The van der Waals surface area contributed by atoms with E-state index in [2.05, 4.69) is 64.7 Å². The van der Waals surface area contributed by atoms with Gasteiger partial charge in [0.2, 0.25) is 11.9 Å². The molecule has 114 valence electrons. The topological polar surface area (TPSA) is 106 Å². The van der Waals surface area contributed by atoms with E-state index in [4.69, 9.17) is 4.79 Å². The van der Waals surface area contributed by atoms with E-state index in [0.29, 0.717) is 11.9 Å². The van der Waals surface area contributed by atoms with Crippen LogP contribution in [0.5, 0.6) is 0 Å². The van der Waals surface area contributed by atoms with Gasteiger partial charge in [0.05, 0.1) is 0 Å². The summed E-state index contributed by atoms with van der Waals surface area (Å²) in [5, 5.41) is 6.41. The van der Waals surface area contributed by atoms with Crippen molar-refractivity contribution < 1.29 is 4.79 Å². The zero-order valence-electron chi connectivity index (χ0n) is 12.4. The van der Waals surface area contributed by atoms with Gasteiger partial charge in [0.1, 0.15) is 0 Å². The highest BCUT2D eigenvalue weighted by molar-refractivity contribution is 7.98. The van der Waals surface area contributed by atoms with E-state index in [0.717, 1.165) is 11.7 Å². The third-order valence-corrected chi connectivity index (χ3v) is 2.17. The Balaban J connectivity index is 0.000000796. The van der Waals surface area contributed by atoms with Crippen LogP contribution in [0.1, 0.15) is 27.7 Å². The first-order valence-electron chi connectivity index (χ1n) is 5.98. The predicted molar refractivity (Wildman–Crippen MR) is 87.7 cm³/mol. The van der Waals surface area contributed by atoms with Crippen molar-refractivity contribution in [3.05, 3.63) is 0 Å². The van der Waals surface area contributed by atoms with Gasteiger partial charge in [-0.3, -0.25) is 4.79 Å². The summed E-state index contributed by atoms with van der Waals surface area (Å²) in [5.74, 6) is 1.23. The number of carbonyl (C=O) groups excluding carboxylic acids is 1. The minimum atomic E-state index is -0.639. The number of hydrogen-bond donors (Lipinski definition) is 4. The Labute approximate surface area is 129 Å². The van der Waals surface area contributed by atoms with Gasteiger partial charge in [-0.15, -0.1) is 0 Å². The summed E-state index contributed by atoms with van der Waals surface area (Å²) in [7, 11) is 0. The van der Waals surface area contributed by atoms with E-state index in [1.165, 1.54) is 11.8 Å². The van der Waals surface area contributed by atoms with Crippen molar-refractivity contribution in [2.75, 3.05) is 23.4 Å². The Morgan fingerprint density at radius 3 is 2.20 bits per heavy atom. The molecule has 9 heteroatoms. The lowest BCUT2D eigenvalue weighted by Crippen LogP contribution is -2.27. The maximum absolute atomic E-state index is 9.09. The lowest BCUT2D eigenvalue weighted by atomic mass is 10.1. The zero-order chi connectivity index (χ0) is 15.8. The van der Waals surface area contributed by atoms with Gasteiger partial charge in [0.15, 0.2) is 5.16 Å². The molecule has 0 saturated heterocycles. The molecule has 0 aromatic carbocycles. The van der Waals surface area contributed by atoms with Crippen molar-refractivity contribution in [1.82, 2.24) is 15.0 Å². The maximum Gasteiger partial charge on any atom is 0.273 e. The molecule has 4 N–H and O–H groups in total. The fourth-order valence-electron chi connectivity index (χ4n) is 1.08. The number of aromatic nitrogens is 3. The van der Waals surface area contributed by atoms with Gasteiger partial charge in [-0.25, -0.2) is 0 Å². The maximum atomic E-state index is 9.09. The molecule has 0 atom stereocenters. The Morgan fingerprint density at radius 2 is 1.80 bits per heavy atom. The molecule has 1 rings (SSSR count). The summed E-state index contributed by atoms with van der Waals surface area (Å²) in [6, 6.07) is 0. The van der Waals surface area contributed by atoms with Gasteiger partial charge in [0, 0.05) is 12.1 Å². The van der Waals surface area contributed by atoms with Crippen LogP contribution in [0.2, 0.25) is 0 Å². The molecule has 0 aliphatic rings. The Hall–Kier alpha value is -1.22. The van der Waals surface area contributed by atoms with Gasteiger partial charge in [-0.05, 0) is 34.0 Å². The number of carbonyl (C=O) groups is 1. The largest absolute Gasteiger partial charge is 0.361 e. The number of nitrogens with one attached hydrogen (secondary N) is 2. The molecule has 1 heterocycles. The second-order valence-corrected chi connectivity index (χ2v) is 5.93. The minimum absolute atomic E-state index is 0.0550. The lowest BCUT2D eigenvalue weighted by Gasteiger charge is -2.20. The van der Waals surface area contributed by atoms with Crippen LogP contribution in [0.4, 0.5) is 16.7 Å². The summed E-state index contributed by atoms with van der Waals surface area (Å²) in [6.07, 6.45) is 1.95. The Bertz CT molecular complexity index is 431. The minimum Gasteiger partial charge on any atom is -0.361 e. The first-order valence-corrected chi connectivity index (χ1v) is 7.65. The molecule has 1 amide bonds. The van der Waals surface area contributed by atoms with Crippen LogP contribution >= 0.6 is 24.4 Å². The third-order valence-electron chi connectivity index (χ3n) is 1.62. The van der Waals surface area contributed by atoms with E-state index >= 15 is 0 Å². The van der Waals surface area contributed by atoms with Gasteiger partial charge < -0.3 is 16.4 Å². The molecule has 0 unspecified atom stereocenters. The number of thioether (sulfide) groups is 1. The molecule has 0 radical (unpaired) electrons. The van der Waals surface area contributed by atoms with Crippen molar-refractivity contribution in [2.24, 2.45) is 5.73 Å². The number of anilines is 2. The molecule has 0 spiro atoms. The fourth-order valence-corrected chi connectivity index (χ4v) is 1.43. The molecule has 0 bridgehead atoms. The van der Waals surface area contributed by atoms with Crippen LogP contribution in [0, 0.1) is 0 Å². The fraction of sp³-hybridized carbons (Fsp3) is 0.636. The molecular formula is C11H22N6OS2. The normalized spacial score (nSPS) is 10.3. The van der Waals surface area contributed by atoms with E-state index in [9.17, 15) is 0 Å². The highest BCUT2D eigenvalue weighted by Crippen LogP contribution is 2.16. The SMILES string of the molecule is CCNc1nc(NC(C)(C)C)nc(SC)n1.NC(=O)S. The number of rotatable bonds is 4. The lowest BCUT2D eigenvalue weighted by molar-refractivity contribution is 0.267. The summed E-state index contributed by atoms with van der Waals surface area (Å²) in [4.78, 5) is 22.0. The third kappa shape index (κ3) is 9.68. The Morgan fingerprint density at radius 1 is 1.30 bits per heavy atom. The number of amides is 1. The van der Waals surface area contributed by atoms with Crippen LogP contribution in [-0.4, -0.2) is 38.5 Å². The average Bonchev–Trinajstić information content (AvgIpc) is 2.25. The second-order valence-electron chi connectivity index (χ2n) is 4.71. The van der Waals surface area contributed by atoms with Gasteiger partial charge >= 0.3 is 0 Å². The van der Waals surface area contributed by atoms with Crippen LogP contribution in [0.25, 0.3) is 0 Å². The molecule has 0 aliphatic carbocycles. The zero-order valence-corrected chi connectivity index (χ0v) is 14.1. The molecular weight excluding hydrogens is 296 g/mol. The first kappa shape index (κ1) is 18.8. The Kier molecular flexibility index (Phi) is 8.31. The summed E-state index contributed by atoms with van der Waals surface area (Å²) < 4.78 is 0. The van der Waals surface area contributed by atoms with E-state index in [1.54, 1.807) is 0 Å². The number of thiol groups is 1. The van der Waals surface area contributed by atoms with E-state index in [1.807, 2.05) is 13.2 Å². The molecule has 0 fully saturated rings. The number of primary amides is 1. The molecule has 7 nitrogen and oxygen atoms in total. The van der Waals surface area contributed by atoms with Crippen molar-refractivity contribution in [1.29, 1.82) is 0 Å². The van der Waals surface area contributed by atoms with E-state index in [-0.39, 0.29) is 5.54 Å². The molecule has 20 heavy (non-hydrogen) atoms. The van der Waals surface area contributed by atoms with Crippen molar-refractivity contribution in [2.45, 2.75) is 38.4 Å². The highest BCUT2D eigenvalue weighted by Gasteiger charge is 2.13. The van der Waals surface area contributed by atoms with Crippen LogP contribution in [0.3, 0.4) is 0 Å². The number of hydrogen-bond acceptors (Lipinski definition) is 7. The van der Waals surface area contributed by atoms with Crippen molar-refractivity contribution in [3.8, 4) is 0 Å². The van der Waals surface area contributed by atoms with E-state index < -0.39 is 5.24 Å². The highest BCUT2D eigenvalue weighted by atomic mass is 32.2. The summed E-state index contributed by atoms with van der Waals surface area (Å²) in [6.45, 7) is 9.03. The second kappa shape index (κ2) is 8.85.